The maximum Gasteiger partial charge on any atom is 0.263 e. The second-order valence-electron chi connectivity index (χ2n) is 3.69. The lowest BCUT2D eigenvalue weighted by Crippen LogP contribution is -2.40. The number of carbonyl (C=O) groups is 1. The minimum Gasteiger partial charge on any atom is -0.364 e. The molecule has 3 N–H and O–H groups in total. The highest BCUT2D eigenvalue weighted by Crippen LogP contribution is 2.11. The second-order valence-corrected chi connectivity index (χ2v) is 3.69. The van der Waals surface area contributed by atoms with Crippen molar-refractivity contribution >= 4 is 5.91 Å². The fraction of sp³-hybridized carbons (Fsp3) is 0.417. The molecule has 1 aromatic rings. The van der Waals surface area contributed by atoms with E-state index >= 15 is 0 Å². The zero-order chi connectivity index (χ0) is 12.7. The Bertz CT molecular complexity index is 371. The molecule has 1 amide bonds. The van der Waals surface area contributed by atoms with Crippen molar-refractivity contribution in [3.05, 3.63) is 35.6 Å². The lowest BCUT2D eigenvalue weighted by molar-refractivity contribution is -0.134. The Labute approximate surface area is 99.9 Å². The molecule has 1 atom stereocenters. The third-order valence-corrected chi connectivity index (χ3v) is 2.38. The van der Waals surface area contributed by atoms with E-state index < -0.39 is 6.10 Å². The molecule has 0 aliphatic rings. The van der Waals surface area contributed by atoms with E-state index in [-0.39, 0.29) is 18.3 Å². The fourth-order valence-corrected chi connectivity index (χ4v) is 1.45. The summed E-state index contributed by atoms with van der Waals surface area (Å²) >= 11 is 0. The first kappa shape index (κ1) is 13.6. The molecule has 17 heavy (non-hydrogen) atoms. The summed E-state index contributed by atoms with van der Waals surface area (Å²) in [6, 6.07) is 6.31. The maximum absolute atomic E-state index is 13.3. The van der Waals surface area contributed by atoms with Crippen molar-refractivity contribution in [1.29, 1.82) is 0 Å². The number of amides is 1. The fourth-order valence-electron chi connectivity index (χ4n) is 1.45. The lowest BCUT2D eigenvalue weighted by Gasteiger charge is -2.15. The third-order valence-electron chi connectivity index (χ3n) is 2.38. The van der Waals surface area contributed by atoms with Gasteiger partial charge in [-0.2, -0.15) is 0 Å². The van der Waals surface area contributed by atoms with Gasteiger partial charge in [-0.3, -0.25) is 10.2 Å². The summed E-state index contributed by atoms with van der Waals surface area (Å²) in [5.41, 5.74) is 2.47. The summed E-state index contributed by atoms with van der Waals surface area (Å²) in [4.78, 5) is 11.4. The number of carbonyl (C=O) groups excluding carboxylic acids is 1. The van der Waals surface area contributed by atoms with Gasteiger partial charge in [0, 0.05) is 5.56 Å². The minimum atomic E-state index is -0.635. The van der Waals surface area contributed by atoms with Gasteiger partial charge in [0.25, 0.3) is 5.91 Å². The van der Waals surface area contributed by atoms with Crippen LogP contribution in [0.15, 0.2) is 24.3 Å². The SMILES string of the molecule is CCCC(OCc1ccccc1F)C(=O)NN. The number of hydrogen-bond acceptors (Lipinski definition) is 3. The van der Waals surface area contributed by atoms with Crippen LogP contribution >= 0.6 is 0 Å². The number of ether oxygens (including phenoxy) is 1. The van der Waals surface area contributed by atoms with Crippen LogP contribution in [0.25, 0.3) is 0 Å². The van der Waals surface area contributed by atoms with Crippen molar-refractivity contribution < 1.29 is 13.9 Å². The van der Waals surface area contributed by atoms with Crippen LogP contribution in [0.4, 0.5) is 4.39 Å². The molecule has 0 spiro atoms. The summed E-state index contributed by atoms with van der Waals surface area (Å²) in [6.07, 6.45) is 0.705. The van der Waals surface area contributed by atoms with E-state index in [1.54, 1.807) is 18.2 Å². The number of nitrogens with two attached hydrogens (primary N) is 1. The van der Waals surface area contributed by atoms with Gasteiger partial charge in [-0.15, -0.1) is 0 Å². The molecule has 1 unspecified atom stereocenters. The molecule has 94 valence electrons. The van der Waals surface area contributed by atoms with E-state index in [0.717, 1.165) is 6.42 Å². The molecule has 0 aliphatic carbocycles. The highest BCUT2D eigenvalue weighted by Gasteiger charge is 2.17. The predicted octanol–water partition coefficient (Wildman–Crippen LogP) is 1.50. The van der Waals surface area contributed by atoms with Crippen molar-refractivity contribution in [2.75, 3.05) is 0 Å². The lowest BCUT2D eigenvalue weighted by atomic mass is 10.2. The molecule has 0 fully saturated rings. The molecule has 1 aromatic carbocycles. The van der Waals surface area contributed by atoms with Gasteiger partial charge in [0.1, 0.15) is 11.9 Å². The maximum atomic E-state index is 13.3. The van der Waals surface area contributed by atoms with E-state index in [1.807, 2.05) is 12.3 Å². The van der Waals surface area contributed by atoms with Crippen LogP contribution in [-0.4, -0.2) is 12.0 Å². The van der Waals surface area contributed by atoms with Crippen molar-refractivity contribution in [2.24, 2.45) is 5.84 Å². The van der Waals surface area contributed by atoms with E-state index in [4.69, 9.17) is 10.6 Å². The molecule has 0 aliphatic heterocycles. The highest BCUT2D eigenvalue weighted by molar-refractivity contribution is 5.80. The predicted molar refractivity (Wildman–Crippen MR) is 62.2 cm³/mol. The van der Waals surface area contributed by atoms with Crippen LogP contribution < -0.4 is 11.3 Å². The van der Waals surface area contributed by atoms with Gasteiger partial charge in [-0.25, -0.2) is 10.2 Å². The van der Waals surface area contributed by atoms with E-state index in [2.05, 4.69) is 0 Å². The number of halogens is 1. The third kappa shape index (κ3) is 4.13. The van der Waals surface area contributed by atoms with Crippen LogP contribution in [0.3, 0.4) is 0 Å². The van der Waals surface area contributed by atoms with Crippen LogP contribution in [0.2, 0.25) is 0 Å². The van der Waals surface area contributed by atoms with Crippen molar-refractivity contribution in [3.63, 3.8) is 0 Å². The molecule has 0 saturated carbocycles. The molecule has 5 heteroatoms. The highest BCUT2D eigenvalue weighted by atomic mass is 19.1. The van der Waals surface area contributed by atoms with Crippen LogP contribution in [0.1, 0.15) is 25.3 Å². The number of hydrazine groups is 1. The molecule has 0 radical (unpaired) electrons. The summed E-state index contributed by atoms with van der Waals surface area (Å²) in [5.74, 6) is 4.33. The monoisotopic (exact) mass is 240 g/mol. The Morgan fingerprint density at radius 3 is 2.82 bits per heavy atom. The molecule has 0 saturated heterocycles. The molecule has 4 nitrogen and oxygen atoms in total. The van der Waals surface area contributed by atoms with Gasteiger partial charge < -0.3 is 4.74 Å². The average Bonchev–Trinajstić information content (AvgIpc) is 2.35. The van der Waals surface area contributed by atoms with E-state index in [0.29, 0.717) is 12.0 Å². The number of nitrogens with one attached hydrogen (secondary N) is 1. The zero-order valence-corrected chi connectivity index (χ0v) is 9.78. The van der Waals surface area contributed by atoms with Crippen molar-refractivity contribution in [1.82, 2.24) is 5.43 Å². The smallest absolute Gasteiger partial charge is 0.263 e. The van der Waals surface area contributed by atoms with Gasteiger partial charge in [0.05, 0.1) is 6.61 Å². The first-order valence-electron chi connectivity index (χ1n) is 5.54. The van der Waals surface area contributed by atoms with Gasteiger partial charge in [0.2, 0.25) is 0 Å². The van der Waals surface area contributed by atoms with E-state index in [9.17, 15) is 9.18 Å². The summed E-state index contributed by atoms with van der Waals surface area (Å²) in [5, 5.41) is 0. The van der Waals surface area contributed by atoms with E-state index in [1.165, 1.54) is 6.07 Å². The quantitative estimate of drug-likeness (QED) is 0.450. The number of hydrogen-bond donors (Lipinski definition) is 2. The number of rotatable bonds is 6. The largest absolute Gasteiger partial charge is 0.364 e. The van der Waals surface area contributed by atoms with Gasteiger partial charge in [-0.1, -0.05) is 31.5 Å². The summed E-state index contributed by atoms with van der Waals surface area (Å²) in [7, 11) is 0. The topological polar surface area (TPSA) is 64.3 Å². The molecular formula is C12H17FN2O2. The Morgan fingerprint density at radius 2 is 2.24 bits per heavy atom. The van der Waals surface area contributed by atoms with Crippen molar-refractivity contribution in [2.45, 2.75) is 32.5 Å². The Morgan fingerprint density at radius 1 is 1.53 bits per heavy atom. The first-order chi connectivity index (χ1) is 8.19. The molecular weight excluding hydrogens is 223 g/mol. The molecule has 0 aromatic heterocycles. The molecule has 0 heterocycles. The van der Waals surface area contributed by atoms with Crippen LogP contribution in [0, 0.1) is 5.82 Å². The van der Waals surface area contributed by atoms with Gasteiger partial charge in [-0.05, 0) is 12.5 Å². The first-order valence-corrected chi connectivity index (χ1v) is 5.54. The molecule has 1 rings (SSSR count). The Hall–Kier alpha value is -1.46. The number of benzene rings is 1. The minimum absolute atomic E-state index is 0.0603. The Balaban J connectivity index is 2.57. The average molecular weight is 240 g/mol. The van der Waals surface area contributed by atoms with Crippen molar-refractivity contribution in [3.8, 4) is 0 Å². The normalized spacial score (nSPS) is 12.2. The van der Waals surface area contributed by atoms with Crippen LogP contribution in [-0.2, 0) is 16.1 Å². The Kier molecular flexibility index (Phi) is 5.59. The standard InChI is InChI=1S/C12H17FN2O2/c1-2-5-11(12(16)15-14)17-8-9-6-3-4-7-10(9)13/h3-4,6-7,11H,2,5,8,14H2,1H3,(H,15,16). The van der Waals surface area contributed by atoms with Crippen LogP contribution in [0.5, 0.6) is 0 Å². The van der Waals surface area contributed by atoms with Gasteiger partial charge in [0.15, 0.2) is 0 Å². The second kappa shape index (κ2) is 6.98. The summed E-state index contributed by atoms with van der Waals surface area (Å²) in [6.45, 7) is 1.99. The van der Waals surface area contributed by atoms with Gasteiger partial charge >= 0.3 is 0 Å². The zero-order valence-electron chi connectivity index (χ0n) is 9.78. The summed E-state index contributed by atoms with van der Waals surface area (Å²) < 4.78 is 18.7. The molecule has 0 bridgehead atoms.